The summed E-state index contributed by atoms with van der Waals surface area (Å²) in [4.78, 5) is 29.3. The number of carbonyl (C=O) groups is 1. The maximum Gasteiger partial charge on any atom is 0.248 e. The minimum Gasteiger partial charge on any atom is -0.480 e. The summed E-state index contributed by atoms with van der Waals surface area (Å²) in [6.07, 6.45) is 4.74. The normalized spacial score (nSPS) is 10.4. The molecule has 2 aromatic heterocycles. The number of anilines is 2. The number of aromatic nitrogens is 4. The van der Waals surface area contributed by atoms with Crippen LogP contribution in [0.15, 0.2) is 35.0 Å². The van der Waals surface area contributed by atoms with E-state index in [1.165, 1.54) is 20.4 Å². The molecule has 12 heteroatoms. The Morgan fingerprint density at radius 1 is 1.16 bits per heavy atom. The topological polar surface area (TPSA) is 149 Å². The predicted octanol–water partition coefficient (Wildman–Crippen LogP) is 1.30. The van der Waals surface area contributed by atoms with E-state index in [-0.39, 0.29) is 5.91 Å². The fourth-order valence-corrected chi connectivity index (χ4v) is 3.24. The molecule has 0 aliphatic heterocycles. The number of amides is 1. The van der Waals surface area contributed by atoms with Gasteiger partial charge in [0, 0.05) is 19.3 Å². The maximum atomic E-state index is 11.5. The Kier molecular flexibility index (Phi) is 10.5. The van der Waals surface area contributed by atoms with Crippen LogP contribution in [0.4, 0.5) is 11.8 Å². The first kappa shape index (κ1) is 24.3. The highest BCUT2D eigenvalue weighted by Gasteiger charge is 2.19. The fourth-order valence-electron chi connectivity index (χ4n) is 2.36. The van der Waals surface area contributed by atoms with Crippen LogP contribution in [0.3, 0.4) is 0 Å². The van der Waals surface area contributed by atoms with Gasteiger partial charge in [-0.1, -0.05) is 6.58 Å². The van der Waals surface area contributed by atoms with E-state index >= 15 is 0 Å². The summed E-state index contributed by atoms with van der Waals surface area (Å²) in [6, 6.07) is 1.58. The standard InChI is InChI=1S/C19H28N8O3S/c1-4-14(28)24-13-7-10-23-19(25-13)31-15-16(29-2)26-18(27-17(15)30-3)22-12-11-21-9-6-5-8-20/h4,7,10,21H,1,5-6,8-9,11-12,20H2,2-3H3,(H,22,26,27)(H,23,24,25,28). The molecule has 0 saturated carbocycles. The molecule has 2 heterocycles. The quantitative estimate of drug-likeness (QED) is 0.188. The lowest BCUT2D eigenvalue weighted by Crippen LogP contribution is -2.24. The van der Waals surface area contributed by atoms with Crippen molar-refractivity contribution in [1.29, 1.82) is 0 Å². The number of nitrogens with one attached hydrogen (secondary N) is 3. The molecule has 0 spiro atoms. The molecule has 0 fully saturated rings. The van der Waals surface area contributed by atoms with E-state index in [0.29, 0.717) is 46.7 Å². The van der Waals surface area contributed by atoms with Crippen molar-refractivity contribution in [1.82, 2.24) is 25.3 Å². The lowest BCUT2D eigenvalue weighted by Gasteiger charge is -2.13. The number of nitrogens with zero attached hydrogens (tertiary/aromatic N) is 4. The molecule has 1 amide bonds. The number of methoxy groups -OCH3 is 2. The van der Waals surface area contributed by atoms with Gasteiger partial charge < -0.3 is 31.2 Å². The van der Waals surface area contributed by atoms with Crippen LogP contribution in [-0.4, -0.2) is 66.2 Å². The summed E-state index contributed by atoms with van der Waals surface area (Å²) < 4.78 is 10.9. The van der Waals surface area contributed by atoms with Gasteiger partial charge in [-0.2, -0.15) is 9.97 Å². The molecular weight excluding hydrogens is 420 g/mol. The number of hydrogen-bond acceptors (Lipinski definition) is 11. The lowest BCUT2D eigenvalue weighted by molar-refractivity contribution is -0.111. The molecule has 0 saturated heterocycles. The third-order valence-corrected chi connectivity index (χ3v) is 4.78. The Morgan fingerprint density at radius 3 is 2.55 bits per heavy atom. The molecule has 11 nitrogen and oxygen atoms in total. The zero-order valence-electron chi connectivity index (χ0n) is 17.7. The van der Waals surface area contributed by atoms with Gasteiger partial charge in [0.1, 0.15) is 10.7 Å². The largest absolute Gasteiger partial charge is 0.480 e. The van der Waals surface area contributed by atoms with E-state index in [1.807, 2.05) is 0 Å². The number of rotatable bonds is 14. The minimum absolute atomic E-state index is 0.319. The first-order valence-corrected chi connectivity index (χ1v) is 10.5. The summed E-state index contributed by atoms with van der Waals surface area (Å²) in [5.41, 5.74) is 5.48. The zero-order chi connectivity index (χ0) is 22.5. The fraction of sp³-hybridized carbons (Fsp3) is 0.421. The van der Waals surface area contributed by atoms with Gasteiger partial charge >= 0.3 is 0 Å². The number of ether oxygens (including phenoxy) is 2. The van der Waals surface area contributed by atoms with Gasteiger partial charge in [0.15, 0.2) is 5.16 Å². The van der Waals surface area contributed by atoms with Crippen molar-refractivity contribution < 1.29 is 14.3 Å². The van der Waals surface area contributed by atoms with Crippen molar-refractivity contribution >= 4 is 29.4 Å². The highest BCUT2D eigenvalue weighted by atomic mass is 32.2. The van der Waals surface area contributed by atoms with Crippen LogP contribution in [-0.2, 0) is 4.79 Å². The van der Waals surface area contributed by atoms with Gasteiger partial charge in [-0.05, 0) is 49.8 Å². The first-order valence-electron chi connectivity index (χ1n) is 9.70. The van der Waals surface area contributed by atoms with Gasteiger partial charge in [-0.3, -0.25) is 4.79 Å². The van der Waals surface area contributed by atoms with E-state index in [0.717, 1.165) is 43.8 Å². The van der Waals surface area contributed by atoms with Gasteiger partial charge in [0.2, 0.25) is 23.6 Å². The minimum atomic E-state index is -0.363. The molecule has 0 radical (unpaired) electrons. The molecule has 0 aliphatic carbocycles. The van der Waals surface area contributed by atoms with Crippen molar-refractivity contribution in [3.8, 4) is 11.8 Å². The van der Waals surface area contributed by atoms with Crippen LogP contribution in [0.2, 0.25) is 0 Å². The average molecular weight is 449 g/mol. The van der Waals surface area contributed by atoms with Crippen molar-refractivity contribution in [2.75, 3.05) is 51.0 Å². The molecular formula is C19H28N8O3S. The van der Waals surface area contributed by atoms with Crippen LogP contribution in [0.5, 0.6) is 11.8 Å². The molecule has 168 valence electrons. The summed E-state index contributed by atoms with van der Waals surface area (Å²) >= 11 is 1.16. The van der Waals surface area contributed by atoms with E-state index in [9.17, 15) is 4.79 Å². The highest BCUT2D eigenvalue weighted by molar-refractivity contribution is 7.99. The second-order valence-corrected chi connectivity index (χ2v) is 7.06. The summed E-state index contributed by atoms with van der Waals surface area (Å²) in [6.45, 7) is 6.43. The first-order chi connectivity index (χ1) is 15.1. The smallest absolute Gasteiger partial charge is 0.248 e. The molecule has 0 unspecified atom stereocenters. The highest BCUT2D eigenvalue weighted by Crippen LogP contribution is 2.39. The van der Waals surface area contributed by atoms with Crippen molar-refractivity contribution in [2.24, 2.45) is 5.73 Å². The second-order valence-electron chi connectivity index (χ2n) is 6.09. The molecule has 2 aromatic rings. The second kappa shape index (κ2) is 13.4. The summed E-state index contributed by atoms with van der Waals surface area (Å²) in [5, 5.41) is 9.42. The summed E-state index contributed by atoms with van der Waals surface area (Å²) in [5.74, 6) is 1.00. The third kappa shape index (κ3) is 8.00. The van der Waals surface area contributed by atoms with Gasteiger partial charge in [0.05, 0.1) is 14.2 Å². The van der Waals surface area contributed by atoms with Crippen molar-refractivity contribution in [3.63, 3.8) is 0 Å². The molecule has 0 atom stereocenters. The van der Waals surface area contributed by atoms with E-state index in [4.69, 9.17) is 15.2 Å². The van der Waals surface area contributed by atoms with Crippen LogP contribution in [0.25, 0.3) is 0 Å². The Balaban J connectivity index is 2.07. The lowest BCUT2D eigenvalue weighted by atomic mass is 10.3. The van der Waals surface area contributed by atoms with Crippen molar-refractivity contribution in [2.45, 2.75) is 22.9 Å². The Hall–Kier alpha value is -2.96. The van der Waals surface area contributed by atoms with Gasteiger partial charge in [0.25, 0.3) is 0 Å². The monoisotopic (exact) mass is 448 g/mol. The zero-order valence-corrected chi connectivity index (χ0v) is 18.5. The Morgan fingerprint density at radius 2 is 1.90 bits per heavy atom. The predicted molar refractivity (Wildman–Crippen MR) is 120 cm³/mol. The van der Waals surface area contributed by atoms with Crippen LogP contribution in [0, 0.1) is 0 Å². The van der Waals surface area contributed by atoms with Crippen molar-refractivity contribution in [3.05, 3.63) is 24.9 Å². The average Bonchev–Trinajstić information content (AvgIpc) is 2.79. The van der Waals surface area contributed by atoms with Gasteiger partial charge in [-0.15, -0.1) is 0 Å². The third-order valence-electron chi connectivity index (χ3n) is 3.85. The van der Waals surface area contributed by atoms with Crippen LogP contribution >= 0.6 is 11.8 Å². The number of nitrogens with two attached hydrogens (primary N) is 1. The molecule has 0 bridgehead atoms. The molecule has 0 aromatic carbocycles. The maximum absolute atomic E-state index is 11.5. The number of unbranched alkanes of at least 4 members (excludes halogenated alkanes) is 1. The molecule has 2 rings (SSSR count). The molecule has 5 N–H and O–H groups in total. The Labute approximate surface area is 185 Å². The van der Waals surface area contributed by atoms with Gasteiger partial charge in [-0.25, -0.2) is 9.97 Å². The summed E-state index contributed by atoms with van der Waals surface area (Å²) in [7, 11) is 3.02. The van der Waals surface area contributed by atoms with E-state index in [1.54, 1.807) is 6.07 Å². The molecule has 0 aliphatic rings. The number of carbonyl (C=O) groups excluding carboxylic acids is 1. The Bertz CT molecular complexity index is 843. The SMILES string of the molecule is C=CC(=O)Nc1ccnc(Sc2c(OC)nc(NCCNCCCCN)nc2OC)n1. The number of hydrogen-bond donors (Lipinski definition) is 4. The van der Waals surface area contributed by atoms with Crippen LogP contribution < -0.4 is 31.2 Å². The molecule has 31 heavy (non-hydrogen) atoms. The van der Waals surface area contributed by atoms with E-state index in [2.05, 4.69) is 42.5 Å². The van der Waals surface area contributed by atoms with Crippen LogP contribution in [0.1, 0.15) is 12.8 Å². The van der Waals surface area contributed by atoms with E-state index < -0.39 is 0 Å².